The monoisotopic (exact) mass is 301 g/mol. The van der Waals surface area contributed by atoms with Crippen LogP contribution in [-0.2, 0) is 13.1 Å². The first-order valence-corrected chi connectivity index (χ1v) is 7.72. The van der Waals surface area contributed by atoms with E-state index in [4.69, 9.17) is 11.6 Å². The summed E-state index contributed by atoms with van der Waals surface area (Å²) in [5, 5.41) is 4.39. The summed E-state index contributed by atoms with van der Waals surface area (Å²) in [7, 11) is 2.10. The number of hydrogen-bond donors (Lipinski definition) is 1. The normalized spacial score (nSPS) is 14.2. The molecule has 0 spiro atoms. The molecule has 3 rings (SSSR count). The summed E-state index contributed by atoms with van der Waals surface area (Å²) in [6.45, 7) is 1.68. The second kappa shape index (κ2) is 6.46. The van der Waals surface area contributed by atoms with Crippen molar-refractivity contribution in [3.05, 3.63) is 58.9 Å². The topological polar surface area (TPSA) is 28.2 Å². The second-order valence-corrected chi connectivity index (χ2v) is 6.01. The number of anilines is 1. The molecule has 1 aromatic heterocycles. The van der Waals surface area contributed by atoms with Crippen molar-refractivity contribution < 1.29 is 0 Å². The van der Waals surface area contributed by atoms with Crippen LogP contribution in [0.25, 0.3) is 0 Å². The molecule has 0 saturated heterocycles. The van der Waals surface area contributed by atoms with Crippen molar-refractivity contribution in [1.82, 2.24) is 10.3 Å². The summed E-state index contributed by atoms with van der Waals surface area (Å²) in [5.74, 6) is 0. The summed E-state index contributed by atoms with van der Waals surface area (Å²) in [5.41, 5.74) is 3.61. The van der Waals surface area contributed by atoms with Crippen LogP contribution in [0.1, 0.15) is 24.0 Å². The lowest BCUT2D eigenvalue weighted by atomic mass is 10.1. The third-order valence-corrected chi connectivity index (χ3v) is 4.17. The standard InChI is InChI=1S/C17H20ClN3/c1-21(12-13-7-9-19-10-8-13)17-4-2-3-16(18)15(17)11-20-14-5-6-14/h2-4,7-10,14,20H,5-6,11-12H2,1H3. The van der Waals surface area contributed by atoms with E-state index in [1.165, 1.54) is 29.7 Å². The first-order valence-electron chi connectivity index (χ1n) is 7.35. The maximum absolute atomic E-state index is 6.40. The van der Waals surface area contributed by atoms with Gasteiger partial charge in [-0.3, -0.25) is 4.98 Å². The highest BCUT2D eigenvalue weighted by Crippen LogP contribution is 2.29. The lowest BCUT2D eigenvalue weighted by Crippen LogP contribution is -2.22. The van der Waals surface area contributed by atoms with Gasteiger partial charge in [0, 0.05) is 54.8 Å². The SMILES string of the molecule is CN(Cc1ccncc1)c1cccc(Cl)c1CNC1CC1. The fraction of sp³-hybridized carbons (Fsp3) is 0.353. The first kappa shape index (κ1) is 14.4. The Bertz CT molecular complexity index is 596. The van der Waals surface area contributed by atoms with Crippen molar-refractivity contribution >= 4 is 17.3 Å². The van der Waals surface area contributed by atoms with Crippen molar-refractivity contribution in [2.24, 2.45) is 0 Å². The van der Waals surface area contributed by atoms with E-state index in [0.29, 0.717) is 6.04 Å². The van der Waals surface area contributed by atoms with E-state index in [0.717, 1.165) is 18.1 Å². The van der Waals surface area contributed by atoms with Crippen LogP contribution in [0.3, 0.4) is 0 Å². The molecule has 0 radical (unpaired) electrons. The molecule has 1 heterocycles. The number of rotatable bonds is 6. The van der Waals surface area contributed by atoms with E-state index in [9.17, 15) is 0 Å². The average Bonchev–Trinajstić information content (AvgIpc) is 3.31. The Balaban J connectivity index is 1.77. The van der Waals surface area contributed by atoms with Gasteiger partial charge in [0.05, 0.1) is 0 Å². The summed E-state index contributed by atoms with van der Waals surface area (Å²) < 4.78 is 0. The summed E-state index contributed by atoms with van der Waals surface area (Å²) >= 11 is 6.40. The van der Waals surface area contributed by atoms with Gasteiger partial charge in [-0.25, -0.2) is 0 Å². The number of nitrogens with one attached hydrogen (secondary N) is 1. The Morgan fingerprint density at radius 2 is 2.00 bits per heavy atom. The van der Waals surface area contributed by atoms with Gasteiger partial charge >= 0.3 is 0 Å². The molecule has 110 valence electrons. The molecule has 2 aromatic rings. The minimum Gasteiger partial charge on any atom is -0.370 e. The maximum atomic E-state index is 6.40. The molecule has 1 aliphatic carbocycles. The summed E-state index contributed by atoms with van der Waals surface area (Å²) in [6.07, 6.45) is 6.23. The van der Waals surface area contributed by atoms with Crippen LogP contribution in [-0.4, -0.2) is 18.1 Å². The molecule has 0 amide bonds. The lowest BCUT2D eigenvalue weighted by Gasteiger charge is -2.23. The Morgan fingerprint density at radius 1 is 1.24 bits per heavy atom. The number of nitrogens with zero attached hydrogens (tertiary/aromatic N) is 2. The largest absolute Gasteiger partial charge is 0.370 e. The predicted molar refractivity (Wildman–Crippen MR) is 87.7 cm³/mol. The highest BCUT2D eigenvalue weighted by Gasteiger charge is 2.21. The molecule has 21 heavy (non-hydrogen) atoms. The minimum absolute atomic E-state index is 0.680. The Hall–Kier alpha value is -1.58. The molecule has 1 aliphatic rings. The van der Waals surface area contributed by atoms with E-state index in [2.05, 4.69) is 28.3 Å². The van der Waals surface area contributed by atoms with Crippen LogP contribution in [0.2, 0.25) is 5.02 Å². The van der Waals surface area contributed by atoms with Gasteiger partial charge in [0.15, 0.2) is 0 Å². The van der Waals surface area contributed by atoms with E-state index in [-0.39, 0.29) is 0 Å². The highest BCUT2D eigenvalue weighted by atomic mass is 35.5. The lowest BCUT2D eigenvalue weighted by molar-refractivity contribution is 0.685. The van der Waals surface area contributed by atoms with Crippen LogP contribution < -0.4 is 10.2 Å². The van der Waals surface area contributed by atoms with Gasteiger partial charge in [-0.2, -0.15) is 0 Å². The molecule has 1 saturated carbocycles. The van der Waals surface area contributed by atoms with Crippen molar-refractivity contribution in [2.45, 2.75) is 32.0 Å². The average molecular weight is 302 g/mol. The van der Waals surface area contributed by atoms with Gasteiger partial charge in [0.1, 0.15) is 0 Å². The van der Waals surface area contributed by atoms with Crippen molar-refractivity contribution in [3.63, 3.8) is 0 Å². The second-order valence-electron chi connectivity index (χ2n) is 5.60. The summed E-state index contributed by atoms with van der Waals surface area (Å²) in [4.78, 5) is 6.30. The van der Waals surface area contributed by atoms with Crippen LogP contribution >= 0.6 is 11.6 Å². The number of aromatic nitrogens is 1. The first-order chi connectivity index (χ1) is 10.2. The van der Waals surface area contributed by atoms with E-state index in [1.54, 1.807) is 0 Å². The summed E-state index contributed by atoms with van der Waals surface area (Å²) in [6, 6.07) is 10.9. The van der Waals surface area contributed by atoms with Gasteiger partial charge in [0.25, 0.3) is 0 Å². The number of hydrogen-bond acceptors (Lipinski definition) is 3. The Kier molecular flexibility index (Phi) is 4.42. The van der Waals surface area contributed by atoms with Crippen molar-refractivity contribution in [2.75, 3.05) is 11.9 Å². The zero-order chi connectivity index (χ0) is 14.7. The Morgan fingerprint density at radius 3 is 2.71 bits per heavy atom. The predicted octanol–water partition coefficient (Wildman–Crippen LogP) is 3.62. The molecular weight excluding hydrogens is 282 g/mol. The number of pyridine rings is 1. The molecule has 0 aliphatic heterocycles. The number of benzene rings is 1. The zero-order valence-corrected chi connectivity index (χ0v) is 13.0. The molecule has 4 heteroatoms. The van der Waals surface area contributed by atoms with Gasteiger partial charge in [0.2, 0.25) is 0 Å². The molecule has 1 aromatic carbocycles. The van der Waals surface area contributed by atoms with Crippen LogP contribution in [0.5, 0.6) is 0 Å². The molecular formula is C17H20ClN3. The fourth-order valence-electron chi connectivity index (χ4n) is 2.46. The van der Waals surface area contributed by atoms with Gasteiger partial charge in [-0.1, -0.05) is 17.7 Å². The maximum Gasteiger partial charge on any atom is 0.0471 e. The van der Waals surface area contributed by atoms with Crippen LogP contribution in [0, 0.1) is 0 Å². The highest BCUT2D eigenvalue weighted by molar-refractivity contribution is 6.31. The van der Waals surface area contributed by atoms with Crippen molar-refractivity contribution in [3.8, 4) is 0 Å². The third kappa shape index (κ3) is 3.74. The van der Waals surface area contributed by atoms with Gasteiger partial charge < -0.3 is 10.2 Å². The van der Waals surface area contributed by atoms with Gasteiger partial charge in [-0.05, 0) is 42.7 Å². The molecule has 1 fully saturated rings. The van der Waals surface area contributed by atoms with Crippen LogP contribution in [0.15, 0.2) is 42.7 Å². The third-order valence-electron chi connectivity index (χ3n) is 3.82. The van der Waals surface area contributed by atoms with Gasteiger partial charge in [-0.15, -0.1) is 0 Å². The smallest absolute Gasteiger partial charge is 0.0471 e. The molecule has 3 nitrogen and oxygen atoms in total. The molecule has 0 atom stereocenters. The molecule has 1 N–H and O–H groups in total. The Labute approximate surface area is 131 Å². The molecule has 0 unspecified atom stereocenters. The van der Waals surface area contributed by atoms with E-state index in [1.807, 2.05) is 36.7 Å². The van der Waals surface area contributed by atoms with Crippen molar-refractivity contribution in [1.29, 1.82) is 0 Å². The minimum atomic E-state index is 0.680. The number of halogens is 1. The van der Waals surface area contributed by atoms with Crippen LogP contribution in [0.4, 0.5) is 5.69 Å². The zero-order valence-electron chi connectivity index (χ0n) is 12.2. The quantitative estimate of drug-likeness (QED) is 0.883. The van der Waals surface area contributed by atoms with E-state index >= 15 is 0 Å². The fourth-order valence-corrected chi connectivity index (χ4v) is 2.70. The van der Waals surface area contributed by atoms with E-state index < -0.39 is 0 Å². The molecule has 0 bridgehead atoms.